The molecule has 0 amide bonds. The molecule has 0 aliphatic carbocycles. The van der Waals surface area contributed by atoms with Gasteiger partial charge in [-0.05, 0) is 61.6 Å². The third kappa shape index (κ3) is 4.08. The van der Waals surface area contributed by atoms with Crippen LogP contribution in [0.1, 0.15) is 0 Å². The first kappa shape index (κ1) is 29.3. The molecule has 4 nitrogen and oxygen atoms in total. The number of furan rings is 1. The first-order valence-corrected chi connectivity index (χ1v) is 18.3. The number of benzene rings is 9. The molecule has 54 heavy (non-hydrogen) atoms. The summed E-state index contributed by atoms with van der Waals surface area (Å²) >= 11 is 0. The Balaban J connectivity index is 1.24. The molecule has 0 fully saturated rings. The van der Waals surface area contributed by atoms with E-state index >= 15 is 0 Å². The predicted molar refractivity (Wildman–Crippen MR) is 225 cm³/mol. The Hall–Kier alpha value is -7.30. The van der Waals surface area contributed by atoms with Crippen LogP contribution in [0.25, 0.3) is 115 Å². The summed E-state index contributed by atoms with van der Waals surface area (Å²) in [5, 5.41) is 13.1. The molecule has 0 saturated heterocycles. The minimum atomic E-state index is 0.608. The molecule has 0 unspecified atom stereocenters. The fraction of sp³-hybridized carbons (Fsp3) is 0. The summed E-state index contributed by atoms with van der Waals surface area (Å²) in [6.07, 6.45) is 0. The maximum Gasteiger partial charge on any atom is 0.236 e. The van der Waals surface area contributed by atoms with Crippen molar-refractivity contribution < 1.29 is 4.42 Å². The van der Waals surface area contributed by atoms with Crippen molar-refractivity contribution in [2.45, 2.75) is 0 Å². The lowest BCUT2D eigenvalue weighted by molar-refractivity contribution is 0.666. The van der Waals surface area contributed by atoms with Gasteiger partial charge in [-0.2, -0.15) is 0 Å². The van der Waals surface area contributed by atoms with Gasteiger partial charge in [0.05, 0.1) is 11.0 Å². The summed E-state index contributed by atoms with van der Waals surface area (Å²) in [6, 6.07) is 62.5. The van der Waals surface area contributed by atoms with Crippen molar-refractivity contribution in [3.63, 3.8) is 0 Å². The first-order chi connectivity index (χ1) is 26.8. The van der Waals surface area contributed by atoms with Crippen LogP contribution in [0.15, 0.2) is 180 Å². The fourth-order valence-electron chi connectivity index (χ4n) is 8.80. The van der Waals surface area contributed by atoms with Crippen molar-refractivity contribution in [3.05, 3.63) is 176 Å². The summed E-state index contributed by atoms with van der Waals surface area (Å²) < 4.78 is 8.87. The highest BCUT2D eigenvalue weighted by Crippen LogP contribution is 2.45. The molecule has 0 bridgehead atoms. The number of hydrogen-bond donors (Lipinski definition) is 0. The number of rotatable bonds is 3. The monoisotopic (exact) mass is 687 g/mol. The van der Waals surface area contributed by atoms with Crippen molar-refractivity contribution >= 4 is 87.0 Å². The lowest BCUT2D eigenvalue weighted by Gasteiger charge is -2.13. The maximum atomic E-state index is 6.58. The molecule has 250 valence electrons. The Morgan fingerprint density at radius 1 is 0.389 bits per heavy atom. The SMILES string of the molecule is c1ccc(-c2ccc(-c3nc(-n4c5ccc6c7ccccc7c7ccccc7c6c5c5ccc6ccccc6c54)nc4c3oc3ccccc34)cc2)cc1. The highest BCUT2D eigenvalue weighted by Gasteiger charge is 2.24. The quantitative estimate of drug-likeness (QED) is 0.174. The highest BCUT2D eigenvalue weighted by atomic mass is 16.3. The molecule has 0 aliphatic heterocycles. The fourth-order valence-corrected chi connectivity index (χ4v) is 8.80. The topological polar surface area (TPSA) is 43.9 Å². The highest BCUT2D eigenvalue weighted by molar-refractivity contribution is 6.36. The Bertz CT molecular complexity index is 3450. The van der Waals surface area contributed by atoms with Crippen molar-refractivity contribution in [2.75, 3.05) is 0 Å². The molecule has 3 heterocycles. The molecule has 9 aromatic carbocycles. The molecule has 12 rings (SSSR count). The van der Waals surface area contributed by atoms with E-state index in [1.54, 1.807) is 0 Å². The van der Waals surface area contributed by atoms with Gasteiger partial charge < -0.3 is 4.42 Å². The molecule has 4 heteroatoms. The number of nitrogens with zero attached hydrogens (tertiary/aromatic N) is 3. The molecule has 0 aliphatic rings. The normalized spacial score (nSPS) is 12.1. The molecule has 0 radical (unpaired) electrons. The molecule has 0 N–H and O–H groups in total. The molecule has 0 atom stereocenters. The molecular formula is C50H29N3O. The van der Waals surface area contributed by atoms with Gasteiger partial charge in [0, 0.05) is 32.5 Å². The van der Waals surface area contributed by atoms with E-state index in [1.807, 2.05) is 24.3 Å². The summed E-state index contributed by atoms with van der Waals surface area (Å²) in [5.41, 5.74) is 8.47. The molecule has 3 aromatic heterocycles. The average Bonchev–Trinajstić information content (AvgIpc) is 3.80. The van der Waals surface area contributed by atoms with Crippen LogP contribution in [0.5, 0.6) is 0 Å². The van der Waals surface area contributed by atoms with Crippen LogP contribution in [-0.4, -0.2) is 14.5 Å². The Morgan fingerprint density at radius 3 is 1.74 bits per heavy atom. The number of para-hydroxylation sites is 1. The van der Waals surface area contributed by atoms with Gasteiger partial charge in [-0.25, -0.2) is 9.97 Å². The van der Waals surface area contributed by atoms with Crippen LogP contribution in [-0.2, 0) is 0 Å². The van der Waals surface area contributed by atoms with Crippen molar-refractivity contribution in [1.82, 2.24) is 14.5 Å². The van der Waals surface area contributed by atoms with Crippen molar-refractivity contribution in [2.24, 2.45) is 0 Å². The van der Waals surface area contributed by atoms with Gasteiger partial charge in [0.2, 0.25) is 5.95 Å². The zero-order valence-corrected chi connectivity index (χ0v) is 29.0. The van der Waals surface area contributed by atoms with E-state index in [2.05, 4.69) is 156 Å². The van der Waals surface area contributed by atoms with Crippen LogP contribution in [0.2, 0.25) is 0 Å². The van der Waals surface area contributed by atoms with Gasteiger partial charge in [0.15, 0.2) is 5.58 Å². The number of aromatic nitrogens is 3. The van der Waals surface area contributed by atoms with Gasteiger partial charge >= 0.3 is 0 Å². The smallest absolute Gasteiger partial charge is 0.236 e. The van der Waals surface area contributed by atoms with E-state index in [1.165, 1.54) is 54.0 Å². The number of hydrogen-bond acceptors (Lipinski definition) is 3. The minimum absolute atomic E-state index is 0.608. The second-order valence-electron chi connectivity index (χ2n) is 14.1. The summed E-state index contributed by atoms with van der Waals surface area (Å²) in [5.74, 6) is 0.608. The van der Waals surface area contributed by atoms with E-state index < -0.39 is 0 Å². The van der Waals surface area contributed by atoms with Crippen LogP contribution in [0.3, 0.4) is 0 Å². The summed E-state index contributed by atoms with van der Waals surface area (Å²) in [6.45, 7) is 0. The predicted octanol–water partition coefficient (Wildman–Crippen LogP) is 13.4. The Morgan fingerprint density at radius 2 is 0.963 bits per heavy atom. The number of fused-ring (bicyclic) bond motifs is 15. The second-order valence-corrected chi connectivity index (χ2v) is 14.1. The van der Waals surface area contributed by atoms with Crippen LogP contribution in [0.4, 0.5) is 0 Å². The molecular weight excluding hydrogens is 659 g/mol. The van der Waals surface area contributed by atoms with E-state index in [-0.39, 0.29) is 0 Å². The maximum absolute atomic E-state index is 6.58. The van der Waals surface area contributed by atoms with Crippen molar-refractivity contribution in [3.8, 4) is 28.3 Å². The van der Waals surface area contributed by atoms with Crippen LogP contribution in [0, 0.1) is 0 Å². The first-order valence-electron chi connectivity index (χ1n) is 18.3. The second kappa shape index (κ2) is 11.1. The van der Waals surface area contributed by atoms with Gasteiger partial charge in [-0.1, -0.05) is 158 Å². The summed E-state index contributed by atoms with van der Waals surface area (Å²) in [7, 11) is 0. The van der Waals surface area contributed by atoms with Crippen LogP contribution >= 0.6 is 0 Å². The van der Waals surface area contributed by atoms with Gasteiger partial charge in [0.1, 0.15) is 16.8 Å². The zero-order chi connectivity index (χ0) is 35.3. The van der Waals surface area contributed by atoms with E-state index in [0.717, 1.165) is 49.7 Å². The van der Waals surface area contributed by atoms with Crippen molar-refractivity contribution in [1.29, 1.82) is 0 Å². The van der Waals surface area contributed by atoms with Gasteiger partial charge in [-0.15, -0.1) is 0 Å². The molecule has 12 aromatic rings. The summed E-state index contributed by atoms with van der Waals surface area (Å²) in [4.78, 5) is 10.9. The average molecular weight is 688 g/mol. The molecule has 0 saturated carbocycles. The largest absolute Gasteiger partial charge is 0.452 e. The van der Waals surface area contributed by atoms with E-state index in [4.69, 9.17) is 14.4 Å². The zero-order valence-electron chi connectivity index (χ0n) is 29.0. The Labute approximate surface area is 309 Å². The van der Waals surface area contributed by atoms with Gasteiger partial charge in [0.25, 0.3) is 0 Å². The lowest BCUT2D eigenvalue weighted by Crippen LogP contribution is -2.03. The molecule has 0 spiro atoms. The minimum Gasteiger partial charge on any atom is -0.452 e. The third-order valence-electron chi connectivity index (χ3n) is 11.2. The van der Waals surface area contributed by atoms with Gasteiger partial charge in [-0.3, -0.25) is 4.57 Å². The lowest BCUT2D eigenvalue weighted by atomic mass is 9.91. The third-order valence-corrected chi connectivity index (χ3v) is 11.2. The van der Waals surface area contributed by atoms with E-state index in [0.29, 0.717) is 11.5 Å². The van der Waals surface area contributed by atoms with E-state index in [9.17, 15) is 0 Å². The Kier molecular flexibility index (Phi) is 6.02. The van der Waals surface area contributed by atoms with Crippen LogP contribution < -0.4 is 0 Å². The standard InChI is InChI=1S/C50H29N3O/c1-2-12-30(13-3-1)31-22-24-33(25-23-31)46-49-47(40-20-10-11-21-43(40)54-49)52-50(51-46)53-42-29-28-39-37-18-7-6-16-35(37)36-17-8-9-19-38(36)44(39)45(42)41-27-26-32-14-4-5-15-34(32)48(41)53/h1-29H.